The summed E-state index contributed by atoms with van der Waals surface area (Å²) >= 11 is 11.9. The topological polar surface area (TPSA) is 55.6 Å². The molecule has 0 spiro atoms. The van der Waals surface area contributed by atoms with Crippen molar-refractivity contribution in [3.63, 3.8) is 0 Å². The lowest BCUT2D eigenvalue weighted by Crippen LogP contribution is -2.02. The summed E-state index contributed by atoms with van der Waals surface area (Å²) < 4.78 is 1.60. The largest absolute Gasteiger partial charge is 0.380 e. The molecule has 0 fully saturated rings. The van der Waals surface area contributed by atoms with Crippen LogP contribution in [0.1, 0.15) is 5.56 Å². The van der Waals surface area contributed by atoms with Gasteiger partial charge in [-0.3, -0.25) is 0 Å². The Morgan fingerprint density at radius 3 is 2.67 bits per heavy atom. The van der Waals surface area contributed by atoms with E-state index in [2.05, 4.69) is 20.4 Å². The van der Waals surface area contributed by atoms with Gasteiger partial charge < -0.3 is 5.32 Å². The zero-order valence-electron chi connectivity index (χ0n) is 10.9. The summed E-state index contributed by atoms with van der Waals surface area (Å²) in [5, 5.41) is 8.40. The van der Waals surface area contributed by atoms with E-state index in [-0.39, 0.29) is 0 Å². The molecule has 0 amide bonds. The lowest BCUT2D eigenvalue weighted by molar-refractivity contribution is 0.845. The summed E-state index contributed by atoms with van der Waals surface area (Å²) in [4.78, 5) is 8.20. The Labute approximate surface area is 131 Å². The molecule has 0 unspecified atom stereocenters. The van der Waals surface area contributed by atoms with E-state index in [1.165, 1.54) is 6.33 Å². The van der Waals surface area contributed by atoms with Crippen LogP contribution >= 0.6 is 23.2 Å². The minimum Gasteiger partial charge on any atom is -0.380 e. The van der Waals surface area contributed by atoms with Gasteiger partial charge in [0, 0.05) is 6.54 Å². The van der Waals surface area contributed by atoms with Crippen molar-refractivity contribution < 1.29 is 0 Å². The third kappa shape index (κ3) is 3.32. The van der Waals surface area contributed by atoms with Crippen LogP contribution in [0.15, 0.2) is 49.2 Å². The fourth-order valence-electron chi connectivity index (χ4n) is 1.81. The second-order valence-electron chi connectivity index (χ2n) is 4.35. The molecule has 0 saturated carbocycles. The Morgan fingerprint density at radius 2 is 2.00 bits per heavy atom. The van der Waals surface area contributed by atoms with Crippen molar-refractivity contribution in [2.45, 2.75) is 6.54 Å². The van der Waals surface area contributed by atoms with Crippen LogP contribution in [-0.4, -0.2) is 19.7 Å². The first-order chi connectivity index (χ1) is 10.2. The van der Waals surface area contributed by atoms with Crippen molar-refractivity contribution in [1.29, 1.82) is 0 Å². The Bertz CT molecular complexity index is 726. The first kappa shape index (κ1) is 13.9. The van der Waals surface area contributed by atoms with Crippen LogP contribution in [-0.2, 0) is 6.54 Å². The van der Waals surface area contributed by atoms with Crippen LogP contribution in [0.25, 0.3) is 5.82 Å². The maximum Gasteiger partial charge on any atom is 0.155 e. The highest BCUT2D eigenvalue weighted by atomic mass is 35.5. The fourth-order valence-corrected chi connectivity index (χ4v) is 2.13. The van der Waals surface area contributed by atoms with E-state index in [0.29, 0.717) is 22.4 Å². The Hall–Kier alpha value is -2.11. The first-order valence-electron chi connectivity index (χ1n) is 6.21. The summed E-state index contributed by atoms with van der Waals surface area (Å²) in [5.74, 6) is 0.715. The maximum absolute atomic E-state index is 5.99. The van der Waals surface area contributed by atoms with E-state index in [1.54, 1.807) is 23.3 Å². The molecular formula is C14H11Cl2N5. The van der Waals surface area contributed by atoms with Gasteiger partial charge in [-0.2, -0.15) is 5.10 Å². The highest BCUT2D eigenvalue weighted by Crippen LogP contribution is 2.23. The lowest BCUT2D eigenvalue weighted by Gasteiger charge is -2.08. The normalized spacial score (nSPS) is 10.6. The zero-order chi connectivity index (χ0) is 14.7. The molecular weight excluding hydrogens is 309 g/mol. The van der Waals surface area contributed by atoms with Gasteiger partial charge in [-0.1, -0.05) is 29.3 Å². The number of pyridine rings is 1. The molecule has 21 heavy (non-hydrogen) atoms. The quantitative estimate of drug-likeness (QED) is 0.798. The number of anilines is 1. The van der Waals surface area contributed by atoms with Crippen LogP contribution in [0.2, 0.25) is 10.0 Å². The number of halogens is 2. The molecule has 106 valence electrons. The molecule has 1 aromatic carbocycles. The van der Waals surface area contributed by atoms with Crippen molar-refractivity contribution in [2.24, 2.45) is 0 Å². The van der Waals surface area contributed by atoms with E-state index < -0.39 is 0 Å². The predicted molar refractivity (Wildman–Crippen MR) is 82.9 cm³/mol. The van der Waals surface area contributed by atoms with Gasteiger partial charge >= 0.3 is 0 Å². The number of hydrogen-bond donors (Lipinski definition) is 1. The van der Waals surface area contributed by atoms with Gasteiger partial charge in [0.25, 0.3) is 0 Å². The lowest BCUT2D eigenvalue weighted by atomic mass is 10.2. The molecule has 0 aliphatic carbocycles. The van der Waals surface area contributed by atoms with Crippen molar-refractivity contribution in [2.75, 3.05) is 5.32 Å². The van der Waals surface area contributed by atoms with Gasteiger partial charge in [0.1, 0.15) is 12.7 Å². The highest BCUT2D eigenvalue weighted by molar-refractivity contribution is 6.42. The van der Waals surface area contributed by atoms with Gasteiger partial charge in [0.15, 0.2) is 5.82 Å². The maximum atomic E-state index is 5.99. The van der Waals surface area contributed by atoms with Gasteiger partial charge in [-0.05, 0) is 29.8 Å². The molecule has 7 heteroatoms. The van der Waals surface area contributed by atoms with E-state index in [1.807, 2.05) is 24.3 Å². The van der Waals surface area contributed by atoms with Crippen molar-refractivity contribution in [3.05, 3.63) is 64.8 Å². The van der Waals surface area contributed by atoms with Gasteiger partial charge in [-0.25, -0.2) is 14.6 Å². The first-order valence-corrected chi connectivity index (χ1v) is 6.97. The fraction of sp³-hybridized carbons (Fsp3) is 0.0714. The second kappa shape index (κ2) is 6.11. The number of aromatic nitrogens is 4. The van der Waals surface area contributed by atoms with Gasteiger partial charge in [0.2, 0.25) is 0 Å². The SMILES string of the molecule is Clc1ccc(CNc2ccc(-n3cncn3)nc2)cc1Cl. The number of rotatable bonds is 4. The molecule has 0 atom stereocenters. The average Bonchev–Trinajstić information content (AvgIpc) is 3.03. The molecule has 0 aliphatic heterocycles. The van der Waals surface area contributed by atoms with Gasteiger partial charge in [-0.15, -0.1) is 0 Å². The van der Waals surface area contributed by atoms with Crippen LogP contribution < -0.4 is 5.32 Å². The molecule has 2 heterocycles. The molecule has 0 radical (unpaired) electrons. The van der Waals surface area contributed by atoms with Crippen molar-refractivity contribution in [3.8, 4) is 5.82 Å². The second-order valence-corrected chi connectivity index (χ2v) is 5.16. The van der Waals surface area contributed by atoms with Crippen LogP contribution in [0.3, 0.4) is 0 Å². The van der Waals surface area contributed by atoms with Crippen LogP contribution in [0.4, 0.5) is 5.69 Å². The zero-order valence-corrected chi connectivity index (χ0v) is 12.4. The summed E-state index contributed by atoms with van der Waals surface area (Å²) in [7, 11) is 0. The summed E-state index contributed by atoms with van der Waals surface area (Å²) in [6.07, 6.45) is 4.82. The standard InChI is InChI=1S/C14H11Cl2N5/c15-12-3-1-10(5-13(12)16)6-18-11-2-4-14(19-7-11)21-9-17-8-20-21/h1-5,7-9,18H,6H2. The Morgan fingerprint density at radius 1 is 1.10 bits per heavy atom. The average molecular weight is 320 g/mol. The molecule has 0 bridgehead atoms. The number of benzene rings is 1. The number of hydrogen-bond acceptors (Lipinski definition) is 4. The van der Waals surface area contributed by atoms with Crippen LogP contribution in [0, 0.1) is 0 Å². The highest BCUT2D eigenvalue weighted by Gasteiger charge is 2.01. The van der Waals surface area contributed by atoms with Crippen molar-refractivity contribution >= 4 is 28.9 Å². The third-order valence-corrected chi connectivity index (χ3v) is 3.62. The predicted octanol–water partition coefficient (Wildman–Crippen LogP) is 3.58. The molecule has 1 N–H and O–H groups in total. The van der Waals surface area contributed by atoms with E-state index in [0.717, 1.165) is 11.3 Å². The Kier molecular flexibility index (Phi) is 4.03. The van der Waals surface area contributed by atoms with E-state index >= 15 is 0 Å². The summed E-state index contributed by atoms with van der Waals surface area (Å²) in [6.45, 7) is 0.640. The van der Waals surface area contributed by atoms with Crippen LogP contribution in [0.5, 0.6) is 0 Å². The monoisotopic (exact) mass is 319 g/mol. The van der Waals surface area contributed by atoms with E-state index in [4.69, 9.17) is 23.2 Å². The molecule has 3 rings (SSSR count). The Balaban J connectivity index is 1.66. The summed E-state index contributed by atoms with van der Waals surface area (Å²) in [6, 6.07) is 9.35. The van der Waals surface area contributed by atoms with E-state index in [9.17, 15) is 0 Å². The molecule has 0 aliphatic rings. The smallest absolute Gasteiger partial charge is 0.155 e. The number of nitrogens with one attached hydrogen (secondary N) is 1. The summed E-state index contributed by atoms with van der Waals surface area (Å²) in [5.41, 5.74) is 1.95. The van der Waals surface area contributed by atoms with Crippen molar-refractivity contribution in [1.82, 2.24) is 19.7 Å². The minimum absolute atomic E-state index is 0.552. The molecule has 5 nitrogen and oxygen atoms in total. The molecule has 2 aromatic heterocycles. The molecule has 0 saturated heterocycles. The molecule has 3 aromatic rings. The number of nitrogens with zero attached hydrogens (tertiary/aromatic N) is 4. The van der Waals surface area contributed by atoms with Gasteiger partial charge in [0.05, 0.1) is 21.9 Å². The third-order valence-electron chi connectivity index (χ3n) is 2.88. The minimum atomic E-state index is 0.552.